The summed E-state index contributed by atoms with van der Waals surface area (Å²) in [4.78, 5) is 16.6. The van der Waals surface area contributed by atoms with Gasteiger partial charge in [-0.05, 0) is 39.0 Å². The van der Waals surface area contributed by atoms with Crippen molar-refractivity contribution < 1.29 is 9.53 Å². The summed E-state index contributed by atoms with van der Waals surface area (Å²) in [6.07, 6.45) is 4.26. The normalized spacial score (nSPS) is 10.8. The number of amides is 1. The molecule has 1 heterocycles. The van der Waals surface area contributed by atoms with Gasteiger partial charge < -0.3 is 14.6 Å². The number of alkyl carbamates (subject to hydrolysis) is 1. The van der Waals surface area contributed by atoms with E-state index in [1.54, 1.807) is 0 Å². The monoisotopic (exact) mass is 453 g/mol. The third kappa shape index (κ3) is 6.86. The second-order valence-corrected chi connectivity index (χ2v) is 8.14. The number of carbonyl (C=O) groups is 1. The molecule has 0 radical (unpaired) electrons. The fraction of sp³-hybridized carbons (Fsp3) is 0.385. The van der Waals surface area contributed by atoms with Gasteiger partial charge in [-0.25, -0.2) is 9.78 Å². The Hall–Kier alpha value is -2.79. The number of alkyl halides is 1. The van der Waals surface area contributed by atoms with Crippen LogP contribution in [-0.2, 0) is 11.3 Å². The van der Waals surface area contributed by atoms with Crippen LogP contribution in [0.4, 0.5) is 4.79 Å². The molecule has 0 aliphatic heterocycles. The number of aryl methyl sites for hydroxylation is 1. The molecule has 0 bridgehead atoms. The summed E-state index contributed by atoms with van der Waals surface area (Å²) in [5.74, 6) is 1.61. The standard InChI is InChI=1S/C26H32ClN3O2/c1-21-29-24(22-13-5-2-6-14-22)25(23-15-7-3-8-16-23)30(21)19-11-4-10-18-28-26(31)32-20-12-9-17-27/h2-3,5-8,13-16H,4,9-12,17-20H2,1H3,(H,28,31). The number of hydrogen-bond donors (Lipinski definition) is 1. The Balaban J connectivity index is 1.57. The first-order valence-corrected chi connectivity index (χ1v) is 11.9. The first-order chi connectivity index (χ1) is 15.7. The molecule has 1 aromatic heterocycles. The van der Waals surface area contributed by atoms with Crippen molar-refractivity contribution in [3.8, 4) is 22.5 Å². The lowest BCUT2D eigenvalue weighted by Crippen LogP contribution is -2.25. The minimum absolute atomic E-state index is 0.344. The molecule has 0 spiro atoms. The van der Waals surface area contributed by atoms with Crippen LogP contribution in [-0.4, -0.2) is 34.7 Å². The van der Waals surface area contributed by atoms with Gasteiger partial charge in [0, 0.05) is 30.1 Å². The first-order valence-electron chi connectivity index (χ1n) is 11.3. The van der Waals surface area contributed by atoms with Crippen LogP contribution in [0.5, 0.6) is 0 Å². The van der Waals surface area contributed by atoms with Crippen molar-refractivity contribution in [1.29, 1.82) is 0 Å². The molecule has 3 rings (SSSR count). The molecule has 0 atom stereocenters. The van der Waals surface area contributed by atoms with Crippen molar-refractivity contribution >= 4 is 17.7 Å². The summed E-state index contributed by atoms with van der Waals surface area (Å²) in [5, 5.41) is 2.82. The number of carbonyl (C=O) groups excluding carboxylic acids is 1. The number of halogens is 1. The van der Waals surface area contributed by atoms with Gasteiger partial charge >= 0.3 is 6.09 Å². The van der Waals surface area contributed by atoms with Gasteiger partial charge in [0.2, 0.25) is 0 Å². The van der Waals surface area contributed by atoms with E-state index in [9.17, 15) is 4.79 Å². The van der Waals surface area contributed by atoms with E-state index >= 15 is 0 Å². The highest BCUT2D eigenvalue weighted by Gasteiger charge is 2.17. The molecule has 32 heavy (non-hydrogen) atoms. The van der Waals surface area contributed by atoms with E-state index in [2.05, 4.69) is 53.2 Å². The minimum Gasteiger partial charge on any atom is -0.450 e. The zero-order valence-corrected chi connectivity index (χ0v) is 19.5. The molecule has 0 aliphatic carbocycles. The van der Waals surface area contributed by atoms with Crippen molar-refractivity contribution in [2.24, 2.45) is 0 Å². The average Bonchev–Trinajstić information content (AvgIpc) is 3.16. The van der Waals surface area contributed by atoms with Gasteiger partial charge in [0.25, 0.3) is 0 Å². The number of ether oxygens (including phenoxy) is 1. The molecule has 2 aromatic carbocycles. The molecular formula is C26H32ClN3O2. The Morgan fingerprint density at radius 3 is 2.31 bits per heavy atom. The van der Waals surface area contributed by atoms with Crippen molar-refractivity contribution in [2.45, 2.75) is 45.6 Å². The van der Waals surface area contributed by atoms with Crippen LogP contribution in [0.1, 0.15) is 37.9 Å². The molecular weight excluding hydrogens is 422 g/mol. The summed E-state index contributed by atoms with van der Waals surface area (Å²) in [6, 6.07) is 20.8. The largest absolute Gasteiger partial charge is 0.450 e. The molecule has 5 nitrogen and oxygen atoms in total. The maximum Gasteiger partial charge on any atom is 0.407 e. The summed E-state index contributed by atoms with van der Waals surface area (Å²) in [6.45, 7) is 4.00. The highest BCUT2D eigenvalue weighted by Crippen LogP contribution is 2.33. The Bertz CT molecular complexity index is 958. The topological polar surface area (TPSA) is 56.2 Å². The first kappa shape index (κ1) is 23.9. The minimum atomic E-state index is -0.344. The van der Waals surface area contributed by atoms with Crippen LogP contribution in [0.3, 0.4) is 0 Å². The zero-order valence-electron chi connectivity index (χ0n) is 18.7. The van der Waals surface area contributed by atoms with Gasteiger partial charge in [-0.1, -0.05) is 60.7 Å². The molecule has 0 saturated heterocycles. The van der Waals surface area contributed by atoms with E-state index in [0.29, 0.717) is 19.0 Å². The van der Waals surface area contributed by atoms with Crippen LogP contribution in [0.25, 0.3) is 22.5 Å². The summed E-state index contributed by atoms with van der Waals surface area (Å²) < 4.78 is 7.44. The SMILES string of the molecule is Cc1nc(-c2ccccc2)c(-c2ccccc2)n1CCCCCNC(=O)OCCCCCl. The van der Waals surface area contributed by atoms with Crippen molar-refractivity contribution in [2.75, 3.05) is 19.0 Å². The number of unbranched alkanes of at least 4 members (excludes halogenated alkanes) is 3. The smallest absolute Gasteiger partial charge is 0.407 e. The van der Waals surface area contributed by atoms with E-state index in [1.807, 2.05) is 24.3 Å². The lowest BCUT2D eigenvalue weighted by molar-refractivity contribution is 0.144. The third-order valence-corrected chi connectivity index (χ3v) is 5.61. The van der Waals surface area contributed by atoms with Gasteiger partial charge in [0.15, 0.2) is 0 Å². The zero-order chi connectivity index (χ0) is 22.6. The lowest BCUT2D eigenvalue weighted by Gasteiger charge is -2.12. The summed E-state index contributed by atoms with van der Waals surface area (Å²) in [5.41, 5.74) is 4.48. The lowest BCUT2D eigenvalue weighted by atomic mass is 10.0. The Morgan fingerprint density at radius 1 is 0.938 bits per heavy atom. The Kier molecular flexibility index (Phi) is 9.63. The van der Waals surface area contributed by atoms with E-state index in [0.717, 1.165) is 61.4 Å². The number of hydrogen-bond acceptors (Lipinski definition) is 3. The molecule has 0 saturated carbocycles. The molecule has 0 unspecified atom stereocenters. The van der Waals surface area contributed by atoms with Crippen LogP contribution in [0, 0.1) is 6.92 Å². The van der Waals surface area contributed by atoms with E-state index in [1.165, 1.54) is 5.56 Å². The maximum absolute atomic E-state index is 11.7. The van der Waals surface area contributed by atoms with Crippen LogP contribution < -0.4 is 5.32 Å². The number of imidazole rings is 1. The van der Waals surface area contributed by atoms with Gasteiger partial charge in [-0.2, -0.15) is 0 Å². The van der Waals surface area contributed by atoms with Gasteiger partial charge in [0.05, 0.1) is 18.0 Å². The highest BCUT2D eigenvalue weighted by molar-refractivity contribution is 6.17. The highest BCUT2D eigenvalue weighted by atomic mass is 35.5. The molecule has 6 heteroatoms. The Morgan fingerprint density at radius 2 is 1.62 bits per heavy atom. The molecule has 0 fully saturated rings. The van der Waals surface area contributed by atoms with Crippen LogP contribution in [0.2, 0.25) is 0 Å². The Labute approximate surface area is 195 Å². The second-order valence-electron chi connectivity index (χ2n) is 7.76. The number of rotatable bonds is 12. The van der Waals surface area contributed by atoms with Crippen molar-refractivity contribution in [3.05, 3.63) is 66.5 Å². The number of benzene rings is 2. The number of nitrogens with one attached hydrogen (secondary N) is 1. The predicted molar refractivity (Wildman–Crippen MR) is 131 cm³/mol. The van der Waals surface area contributed by atoms with Crippen LogP contribution >= 0.6 is 11.6 Å². The van der Waals surface area contributed by atoms with Gasteiger partial charge in [-0.15, -0.1) is 11.6 Å². The molecule has 3 aromatic rings. The quantitative estimate of drug-likeness (QED) is 0.253. The number of aromatic nitrogens is 2. The molecule has 1 amide bonds. The molecule has 170 valence electrons. The summed E-state index contributed by atoms with van der Waals surface area (Å²) >= 11 is 5.62. The third-order valence-electron chi connectivity index (χ3n) is 5.34. The van der Waals surface area contributed by atoms with Crippen molar-refractivity contribution in [1.82, 2.24) is 14.9 Å². The molecule has 0 aliphatic rings. The van der Waals surface area contributed by atoms with Crippen molar-refractivity contribution in [3.63, 3.8) is 0 Å². The van der Waals surface area contributed by atoms with E-state index < -0.39 is 0 Å². The van der Waals surface area contributed by atoms with E-state index in [-0.39, 0.29) is 6.09 Å². The average molecular weight is 454 g/mol. The summed E-state index contributed by atoms with van der Waals surface area (Å²) in [7, 11) is 0. The maximum atomic E-state index is 11.7. The van der Waals surface area contributed by atoms with Gasteiger partial charge in [-0.3, -0.25) is 0 Å². The second kappa shape index (κ2) is 12.9. The fourth-order valence-corrected chi connectivity index (χ4v) is 3.89. The predicted octanol–water partition coefficient (Wildman–Crippen LogP) is 6.44. The van der Waals surface area contributed by atoms with Gasteiger partial charge in [0.1, 0.15) is 5.82 Å². The number of nitrogens with zero attached hydrogens (tertiary/aromatic N) is 2. The van der Waals surface area contributed by atoms with E-state index in [4.69, 9.17) is 21.3 Å². The molecule has 1 N–H and O–H groups in total. The van der Waals surface area contributed by atoms with Crippen LogP contribution in [0.15, 0.2) is 60.7 Å². The fourth-order valence-electron chi connectivity index (χ4n) is 3.70.